The third kappa shape index (κ3) is 3.35. The Balaban J connectivity index is 2.06. The van der Waals surface area contributed by atoms with E-state index in [0.717, 1.165) is 0 Å². The topological polar surface area (TPSA) is 110 Å². The molecule has 3 rings (SSSR count). The van der Waals surface area contributed by atoms with Crippen molar-refractivity contribution >= 4 is 22.6 Å². The van der Waals surface area contributed by atoms with Crippen LogP contribution in [0.1, 0.15) is 10.4 Å². The maximum atomic E-state index is 11.6. The summed E-state index contributed by atoms with van der Waals surface area (Å²) in [5.41, 5.74) is 2.61. The summed E-state index contributed by atoms with van der Waals surface area (Å²) < 4.78 is 0. The molecule has 0 aliphatic rings. The van der Waals surface area contributed by atoms with Crippen LogP contribution in [0.4, 0.5) is 5.69 Å². The quantitative estimate of drug-likeness (QED) is 0.696. The van der Waals surface area contributed by atoms with Gasteiger partial charge in [-0.3, -0.25) is 0 Å². The third-order valence-corrected chi connectivity index (χ3v) is 3.73. The molecule has 0 saturated carbocycles. The maximum absolute atomic E-state index is 11.6. The van der Waals surface area contributed by atoms with Crippen molar-refractivity contribution in [3.8, 4) is 23.4 Å². The fourth-order valence-electron chi connectivity index (χ4n) is 2.51. The van der Waals surface area contributed by atoms with E-state index in [1.54, 1.807) is 54.6 Å². The lowest BCUT2D eigenvalue weighted by Crippen LogP contribution is -2.00. The predicted octanol–water partition coefficient (Wildman–Crippen LogP) is 3.94. The number of rotatable bonds is 4. The Morgan fingerprint density at radius 1 is 1.08 bits per heavy atom. The number of nitrogens with zero attached hydrogens (tertiary/aromatic N) is 3. The molecule has 6 heteroatoms. The minimum absolute atomic E-state index is 0.0487. The van der Waals surface area contributed by atoms with Gasteiger partial charge in [-0.2, -0.15) is 10.5 Å². The second kappa shape index (κ2) is 7.16. The Kier molecular flexibility index (Phi) is 4.60. The van der Waals surface area contributed by atoms with Crippen molar-refractivity contribution in [3.05, 3.63) is 71.9 Å². The molecule has 0 aliphatic carbocycles. The van der Waals surface area contributed by atoms with E-state index < -0.39 is 5.97 Å². The second-order valence-electron chi connectivity index (χ2n) is 5.38. The van der Waals surface area contributed by atoms with E-state index in [-0.39, 0.29) is 11.1 Å². The number of nitriles is 2. The van der Waals surface area contributed by atoms with E-state index in [4.69, 9.17) is 10.5 Å². The Bertz CT molecular complexity index is 1100. The number of para-hydroxylation sites is 1. The molecule has 0 amide bonds. The Labute approximate surface area is 149 Å². The summed E-state index contributed by atoms with van der Waals surface area (Å²) in [6.45, 7) is 0. The number of carboxylic acids is 1. The molecule has 0 radical (unpaired) electrons. The number of hydrogen-bond donors (Lipinski definition) is 2. The first-order chi connectivity index (χ1) is 12.6. The highest BCUT2D eigenvalue weighted by atomic mass is 16.4. The molecule has 0 spiro atoms. The molecule has 124 valence electrons. The minimum Gasteiger partial charge on any atom is -0.478 e. The Morgan fingerprint density at radius 3 is 2.58 bits per heavy atom. The highest BCUT2D eigenvalue weighted by Crippen LogP contribution is 2.26. The van der Waals surface area contributed by atoms with Gasteiger partial charge in [0.05, 0.1) is 16.8 Å². The van der Waals surface area contributed by atoms with Crippen molar-refractivity contribution < 1.29 is 9.90 Å². The number of aromatic nitrogens is 1. The number of hydrogen-bond acceptors (Lipinski definition) is 5. The number of pyridine rings is 1. The summed E-state index contributed by atoms with van der Waals surface area (Å²) in [5.74, 6) is -1.02. The monoisotopic (exact) mass is 340 g/mol. The highest BCUT2D eigenvalue weighted by molar-refractivity contribution is 6.03. The van der Waals surface area contributed by atoms with Crippen LogP contribution in [-0.2, 0) is 0 Å². The number of aromatic carboxylic acids is 1. The van der Waals surface area contributed by atoms with Gasteiger partial charge in [-0.1, -0.05) is 30.3 Å². The van der Waals surface area contributed by atoms with E-state index in [0.29, 0.717) is 27.8 Å². The third-order valence-electron chi connectivity index (χ3n) is 3.73. The first-order valence-corrected chi connectivity index (χ1v) is 7.63. The average molecular weight is 340 g/mol. The molecule has 0 bridgehead atoms. The molecule has 2 N–H and O–H groups in total. The predicted molar refractivity (Wildman–Crippen MR) is 97.1 cm³/mol. The lowest BCUT2D eigenvalue weighted by molar-refractivity contribution is 0.0699. The fraction of sp³-hybridized carbons (Fsp3) is 0. The van der Waals surface area contributed by atoms with E-state index >= 15 is 0 Å². The highest BCUT2D eigenvalue weighted by Gasteiger charge is 2.12. The van der Waals surface area contributed by atoms with Crippen molar-refractivity contribution in [2.75, 3.05) is 5.32 Å². The average Bonchev–Trinajstić information content (AvgIpc) is 2.68. The van der Waals surface area contributed by atoms with Crippen LogP contribution in [0, 0.1) is 22.7 Å². The summed E-state index contributed by atoms with van der Waals surface area (Å²) in [5, 5.41) is 30.5. The van der Waals surface area contributed by atoms with Crippen LogP contribution in [0.15, 0.2) is 66.4 Å². The standard InChI is InChI=1S/C20H12N4O2/c21-10-13(11-22)12-23-15-5-3-4-14(8-15)19-9-17(20(25)26)16-6-1-2-7-18(16)24-19/h1-9,12,23H,(H,25,26). The van der Waals surface area contributed by atoms with Gasteiger partial charge in [0, 0.05) is 22.8 Å². The van der Waals surface area contributed by atoms with Gasteiger partial charge in [-0.15, -0.1) is 0 Å². The summed E-state index contributed by atoms with van der Waals surface area (Å²) in [6.07, 6.45) is 1.32. The number of nitrogens with one attached hydrogen (secondary N) is 1. The Hall–Kier alpha value is -4.16. The molecule has 1 aromatic heterocycles. The molecule has 2 aromatic carbocycles. The second-order valence-corrected chi connectivity index (χ2v) is 5.38. The van der Waals surface area contributed by atoms with Crippen LogP contribution in [0.5, 0.6) is 0 Å². The van der Waals surface area contributed by atoms with Crippen molar-refractivity contribution in [1.29, 1.82) is 10.5 Å². The number of benzene rings is 2. The van der Waals surface area contributed by atoms with E-state index in [9.17, 15) is 9.90 Å². The van der Waals surface area contributed by atoms with Gasteiger partial charge in [0.25, 0.3) is 0 Å². The van der Waals surface area contributed by atoms with Gasteiger partial charge in [0.1, 0.15) is 17.7 Å². The number of anilines is 1. The van der Waals surface area contributed by atoms with Crippen molar-refractivity contribution in [3.63, 3.8) is 0 Å². The smallest absolute Gasteiger partial charge is 0.336 e. The fourth-order valence-corrected chi connectivity index (χ4v) is 2.51. The summed E-state index contributed by atoms with van der Waals surface area (Å²) >= 11 is 0. The minimum atomic E-state index is -1.02. The zero-order valence-electron chi connectivity index (χ0n) is 13.5. The van der Waals surface area contributed by atoms with Gasteiger partial charge >= 0.3 is 5.97 Å². The van der Waals surface area contributed by atoms with Gasteiger partial charge in [0.15, 0.2) is 0 Å². The lowest BCUT2D eigenvalue weighted by atomic mass is 10.0. The first-order valence-electron chi connectivity index (χ1n) is 7.63. The number of fused-ring (bicyclic) bond motifs is 1. The van der Waals surface area contributed by atoms with E-state index in [1.165, 1.54) is 12.3 Å². The normalized spacial score (nSPS) is 9.77. The van der Waals surface area contributed by atoms with Gasteiger partial charge in [-0.05, 0) is 24.3 Å². The molecule has 6 nitrogen and oxygen atoms in total. The van der Waals surface area contributed by atoms with Crippen LogP contribution in [0.25, 0.3) is 22.2 Å². The number of carbonyl (C=O) groups is 1. The van der Waals surface area contributed by atoms with Crippen LogP contribution < -0.4 is 5.32 Å². The van der Waals surface area contributed by atoms with Gasteiger partial charge in [0.2, 0.25) is 0 Å². The molecular formula is C20H12N4O2. The summed E-state index contributed by atoms with van der Waals surface area (Å²) in [6, 6.07) is 19.3. The molecule has 0 atom stereocenters. The van der Waals surface area contributed by atoms with Crippen LogP contribution >= 0.6 is 0 Å². The van der Waals surface area contributed by atoms with Gasteiger partial charge in [-0.25, -0.2) is 9.78 Å². The molecule has 3 aromatic rings. The number of allylic oxidation sites excluding steroid dienone is 1. The molecular weight excluding hydrogens is 328 g/mol. The molecule has 0 unspecified atom stereocenters. The van der Waals surface area contributed by atoms with Gasteiger partial charge < -0.3 is 10.4 Å². The van der Waals surface area contributed by atoms with E-state index in [2.05, 4.69) is 10.3 Å². The molecule has 26 heavy (non-hydrogen) atoms. The lowest BCUT2D eigenvalue weighted by Gasteiger charge is -2.08. The van der Waals surface area contributed by atoms with Crippen molar-refractivity contribution in [2.45, 2.75) is 0 Å². The SMILES string of the molecule is N#CC(C#N)=CNc1cccc(-c2cc(C(=O)O)c3ccccc3n2)c1. The van der Waals surface area contributed by atoms with Crippen LogP contribution in [0.2, 0.25) is 0 Å². The molecule has 0 fully saturated rings. The van der Waals surface area contributed by atoms with Crippen LogP contribution in [0.3, 0.4) is 0 Å². The largest absolute Gasteiger partial charge is 0.478 e. The van der Waals surface area contributed by atoms with E-state index in [1.807, 2.05) is 6.07 Å². The zero-order chi connectivity index (χ0) is 18.5. The molecule has 1 heterocycles. The number of carboxylic acid groups (broad SMARTS) is 1. The molecule has 0 aliphatic heterocycles. The summed E-state index contributed by atoms with van der Waals surface area (Å²) in [4.78, 5) is 16.1. The first kappa shape index (κ1) is 16.7. The van der Waals surface area contributed by atoms with Crippen molar-refractivity contribution in [1.82, 2.24) is 4.98 Å². The zero-order valence-corrected chi connectivity index (χ0v) is 13.5. The Morgan fingerprint density at radius 2 is 1.85 bits per heavy atom. The van der Waals surface area contributed by atoms with Crippen LogP contribution in [-0.4, -0.2) is 16.1 Å². The van der Waals surface area contributed by atoms with Crippen molar-refractivity contribution in [2.24, 2.45) is 0 Å². The summed E-state index contributed by atoms with van der Waals surface area (Å²) in [7, 11) is 0. The molecule has 0 saturated heterocycles. The maximum Gasteiger partial charge on any atom is 0.336 e.